The number of aromatic nitrogens is 2. The van der Waals surface area contributed by atoms with Crippen molar-refractivity contribution in [1.29, 1.82) is 0 Å². The van der Waals surface area contributed by atoms with Crippen molar-refractivity contribution in [1.82, 2.24) is 9.55 Å². The lowest BCUT2D eigenvalue weighted by atomic mass is 10.2. The van der Waals surface area contributed by atoms with Crippen molar-refractivity contribution in [2.75, 3.05) is 16.8 Å². The summed E-state index contributed by atoms with van der Waals surface area (Å²) in [7, 11) is 1.91. The van der Waals surface area contributed by atoms with Crippen LogP contribution in [0.5, 0.6) is 0 Å². The van der Waals surface area contributed by atoms with Crippen LogP contribution in [0.1, 0.15) is 6.42 Å². The van der Waals surface area contributed by atoms with Crippen molar-refractivity contribution in [3.8, 4) is 0 Å². The molecule has 0 atom stereocenters. The number of rotatable bonds is 5. The van der Waals surface area contributed by atoms with Gasteiger partial charge in [0.25, 0.3) is 0 Å². The van der Waals surface area contributed by atoms with Gasteiger partial charge in [0.05, 0.1) is 16.4 Å². The van der Waals surface area contributed by atoms with Crippen molar-refractivity contribution in [2.45, 2.75) is 11.6 Å². The standard InChI is InChI=1S/C13H14Cl2N4OS/c1-19-4-3-17-13(19)21-5-2-11(20)18-12-9(15)6-8(14)7-10(12)16/h3-4,6-7H,2,5,16H2,1H3,(H,18,20). The molecule has 3 N–H and O–H groups in total. The molecule has 0 radical (unpaired) electrons. The Hall–Kier alpha value is -1.37. The lowest BCUT2D eigenvalue weighted by Gasteiger charge is -2.10. The number of nitrogens with one attached hydrogen (secondary N) is 1. The number of thioether (sulfide) groups is 1. The quantitative estimate of drug-likeness (QED) is 0.643. The lowest BCUT2D eigenvalue weighted by molar-refractivity contribution is -0.115. The third kappa shape index (κ3) is 4.30. The fraction of sp³-hybridized carbons (Fsp3) is 0.231. The number of nitrogens with zero attached hydrogens (tertiary/aromatic N) is 2. The number of amides is 1. The van der Waals surface area contributed by atoms with Gasteiger partial charge in [0.1, 0.15) is 0 Å². The highest BCUT2D eigenvalue weighted by atomic mass is 35.5. The minimum atomic E-state index is -0.160. The van der Waals surface area contributed by atoms with Crippen LogP contribution in [0.4, 0.5) is 11.4 Å². The van der Waals surface area contributed by atoms with Gasteiger partial charge in [-0.3, -0.25) is 4.79 Å². The minimum Gasteiger partial charge on any atom is -0.397 e. The molecule has 0 aliphatic rings. The van der Waals surface area contributed by atoms with Gasteiger partial charge >= 0.3 is 0 Å². The van der Waals surface area contributed by atoms with E-state index in [0.29, 0.717) is 33.6 Å². The molecular formula is C13H14Cl2N4OS. The third-order valence-electron chi connectivity index (χ3n) is 2.69. The Morgan fingerprint density at radius 3 is 2.86 bits per heavy atom. The van der Waals surface area contributed by atoms with E-state index in [4.69, 9.17) is 28.9 Å². The smallest absolute Gasteiger partial charge is 0.225 e. The van der Waals surface area contributed by atoms with Gasteiger partial charge in [-0.15, -0.1) is 0 Å². The molecule has 0 saturated carbocycles. The Morgan fingerprint density at radius 2 is 2.24 bits per heavy atom. The summed E-state index contributed by atoms with van der Waals surface area (Å²) in [6.07, 6.45) is 3.91. The van der Waals surface area contributed by atoms with Crippen LogP contribution in [0.2, 0.25) is 10.0 Å². The monoisotopic (exact) mass is 344 g/mol. The zero-order chi connectivity index (χ0) is 15.4. The molecule has 1 amide bonds. The van der Waals surface area contributed by atoms with E-state index in [1.54, 1.807) is 12.3 Å². The zero-order valence-electron chi connectivity index (χ0n) is 11.3. The molecule has 8 heteroatoms. The number of carbonyl (C=O) groups is 1. The second kappa shape index (κ2) is 7.06. The number of aryl methyl sites for hydroxylation is 1. The van der Waals surface area contributed by atoms with Gasteiger partial charge < -0.3 is 15.6 Å². The maximum absolute atomic E-state index is 11.9. The highest BCUT2D eigenvalue weighted by Crippen LogP contribution is 2.32. The summed E-state index contributed by atoms with van der Waals surface area (Å²) >= 11 is 13.4. The Labute approximate surface area is 136 Å². The predicted molar refractivity (Wildman–Crippen MR) is 88.1 cm³/mol. The molecule has 0 aliphatic heterocycles. The van der Waals surface area contributed by atoms with Crippen LogP contribution in [-0.4, -0.2) is 21.2 Å². The maximum atomic E-state index is 11.9. The Morgan fingerprint density at radius 1 is 1.48 bits per heavy atom. The van der Waals surface area contributed by atoms with Crippen LogP contribution in [0.25, 0.3) is 0 Å². The van der Waals surface area contributed by atoms with Crippen LogP contribution >= 0.6 is 35.0 Å². The van der Waals surface area contributed by atoms with E-state index in [-0.39, 0.29) is 5.91 Å². The molecule has 0 aliphatic carbocycles. The van der Waals surface area contributed by atoms with Crippen molar-refractivity contribution < 1.29 is 4.79 Å². The molecule has 0 fully saturated rings. The minimum absolute atomic E-state index is 0.160. The fourth-order valence-corrected chi connectivity index (χ4v) is 3.08. The Balaban J connectivity index is 1.89. The maximum Gasteiger partial charge on any atom is 0.225 e. The highest BCUT2D eigenvalue weighted by molar-refractivity contribution is 7.99. The highest BCUT2D eigenvalue weighted by Gasteiger charge is 2.11. The van der Waals surface area contributed by atoms with Crippen molar-refractivity contribution in [3.05, 3.63) is 34.6 Å². The molecule has 21 heavy (non-hydrogen) atoms. The van der Waals surface area contributed by atoms with Gasteiger partial charge in [0.2, 0.25) is 5.91 Å². The number of nitrogens with two attached hydrogens (primary N) is 1. The first-order valence-corrected chi connectivity index (χ1v) is 7.86. The van der Waals surface area contributed by atoms with Crippen molar-refractivity contribution in [3.63, 3.8) is 0 Å². The summed E-state index contributed by atoms with van der Waals surface area (Å²) < 4.78 is 1.90. The van der Waals surface area contributed by atoms with Crippen LogP contribution in [-0.2, 0) is 11.8 Å². The number of anilines is 2. The molecule has 1 aromatic heterocycles. The average molecular weight is 345 g/mol. The summed E-state index contributed by atoms with van der Waals surface area (Å²) in [5.41, 5.74) is 6.54. The van der Waals surface area contributed by atoms with E-state index in [2.05, 4.69) is 10.3 Å². The molecule has 112 valence electrons. The van der Waals surface area contributed by atoms with E-state index < -0.39 is 0 Å². The summed E-state index contributed by atoms with van der Waals surface area (Å²) in [6, 6.07) is 3.09. The lowest BCUT2D eigenvalue weighted by Crippen LogP contribution is -2.14. The van der Waals surface area contributed by atoms with Crippen LogP contribution in [0, 0.1) is 0 Å². The molecule has 2 aromatic rings. The van der Waals surface area contributed by atoms with Gasteiger partial charge in [0, 0.05) is 36.6 Å². The van der Waals surface area contributed by atoms with E-state index in [9.17, 15) is 4.79 Å². The number of nitrogen functional groups attached to an aromatic ring is 1. The Kier molecular flexibility index (Phi) is 5.39. The first kappa shape index (κ1) is 16.0. The molecule has 0 saturated heterocycles. The van der Waals surface area contributed by atoms with Crippen molar-refractivity contribution in [2.24, 2.45) is 7.05 Å². The predicted octanol–water partition coefficient (Wildman–Crippen LogP) is 3.43. The fourth-order valence-electron chi connectivity index (χ4n) is 1.65. The number of benzene rings is 1. The van der Waals surface area contributed by atoms with Gasteiger partial charge in [-0.05, 0) is 12.1 Å². The molecule has 2 rings (SSSR count). The van der Waals surface area contributed by atoms with Gasteiger partial charge in [-0.25, -0.2) is 4.98 Å². The van der Waals surface area contributed by atoms with E-state index >= 15 is 0 Å². The van der Waals surface area contributed by atoms with E-state index in [0.717, 1.165) is 5.16 Å². The van der Waals surface area contributed by atoms with E-state index in [1.165, 1.54) is 17.8 Å². The number of halogens is 2. The molecule has 1 aromatic carbocycles. The SMILES string of the molecule is Cn1ccnc1SCCC(=O)Nc1c(N)cc(Cl)cc1Cl. The second-order valence-corrected chi connectivity index (χ2v) is 6.22. The summed E-state index contributed by atoms with van der Waals surface area (Å²) in [4.78, 5) is 16.1. The first-order valence-electron chi connectivity index (χ1n) is 6.12. The Bertz CT molecular complexity index is 636. The number of imidazole rings is 1. The first-order chi connectivity index (χ1) is 9.97. The van der Waals surface area contributed by atoms with Gasteiger partial charge in [0.15, 0.2) is 5.16 Å². The zero-order valence-corrected chi connectivity index (χ0v) is 13.6. The third-order valence-corrected chi connectivity index (χ3v) is 4.26. The summed E-state index contributed by atoms with van der Waals surface area (Å²) in [5, 5.41) is 4.33. The molecule has 0 unspecified atom stereocenters. The molecule has 0 spiro atoms. The van der Waals surface area contributed by atoms with E-state index in [1.807, 2.05) is 17.8 Å². The molecule has 1 heterocycles. The van der Waals surface area contributed by atoms with Crippen molar-refractivity contribution >= 4 is 52.2 Å². The normalized spacial score (nSPS) is 10.6. The topological polar surface area (TPSA) is 72.9 Å². The van der Waals surface area contributed by atoms with Gasteiger partial charge in [-0.1, -0.05) is 35.0 Å². The average Bonchev–Trinajstić information content (AvgIpc) is 2.80. The van der Waals surface area contributed by atoms with Crippen LogP contribution < -0.4 is 11.1 Å². The number of hydrogen-bond acceptors (Lipinski definition) is 4. The van der Waals surface area contributed by atoms with Crippen LogP contribution in [0.15, 0.2) is 29.7 Å². The van der Waals surface area contributed by atoms with Gasteiger partial charge in [-0.2, -0.15) is 0 Å². The summed E-state index contributed by atoms with van der Waals surface area (Å²) in [5.74, 6) is 0.453. The molecule has 0 bridgehead atoms. The summed E-state index contributed by atoms with van der Waals surface area (Å²) in [6.45, 7) is 0. The molecular weight excluding hydrogens is 331 g/mol. The van der Waals surface area contributed by atoms with Crippen LogP contribution in [0.3, 0.4) is 0 Å². The molecule has 5 nitrogen and oxygen atoms in total. The largest absolute Gasteiger partial charge is 0.397 e. The number of hydrogen-bond donors (Lipinski definition) is 2. The second-order valence-electron chi connectivity index (χ2n) is 4.32. The number of carbonyl (C=O) groups excluding carboxylic acids is 1.